The molecule has 0 fully saturated rings. The number of aromatic nitrogens is 3. The van der Waals surface area contributed by atoms with Gasteiger partial charge in [-0.15, -0.1) is 0 Å². The van der Waals surface area contributed by atoms with E-state index in [0.717, 1.165) is 46.7 Å². The smallest absolute Gasteiger partial charge is 0.419 e. The molecule has 10 nitrogen and oxygen atoms in total. The van der Waals surface area contributed by atoms with Gasteiger partial charge >= 0.3 is 5.76 Å². The van der Waals surface area contributed by atoms with Crippen LogP contribution in [0.15, 0.2) is 94.5 Å². The highest BCUT2D eigenvalue weighted by Crippen LogP contribution is 2.38. The Morgan fingerprint density at radius 1 is 0.886 bits per heavy atom. The molecule has 0 saturated carbocycles. The normalized spacial score (nSPS) is 17.3. The van der Waals surface area contributed by atoms with Crippen molar-refractivity contribution in [2.24, 2.45) is 0 Å². The minimum atomic E-state index is -0.343. The van der Waals surface area contributed by atoms with Gasteiger partial charge in [0.2, 0.25) is 0 Å². The first-order chi connectivity index (χ1) is 21.6. The van der Waals surface area contributed by atoms with Gasteiger partial charge in [-0.1, -0.05) is 30.3 Å². The highest BCUT2D eigenvalue weighted by atomic mass is 16.5. The Labute approximate surface area is 254 Å². The molecule has 0 radical (unpaired) electrons. The highest BCUT2D eigenvalue weighted by molar-refractivity contribution is 5.92. The summed E-state index contributed by atoms with van der Waals surface area (Å²) in [5, 5.41) is 0. The van der Waals surface area contributed by atoms with Crippen molar-refractivity contribution in [3.8, 4) is 11.5 Å². The van der Waals surface area contributed by atoms with Crippen LogP contribution in [0, 0.1) is 0 Å². The number of hydrogen-bond donors (Lipinski definition) is 0. The van der Waals surface area contributed by atoms with E-state index in [2.05, 4.69) is 27.0 Å². The summed E-state index contributed by atoms with van der Waals surface area (Å²) in [7, 11) is 0. The van der Waals surface area contributed by atoms with Crippen LogP contribution < -0.4 is 15.2 Å². The average Bonchev–Trinajstić information content (AvgIpc) is 3.39. The van der Waals surface area contributed by atoms with Gasteiger partial charge in [-0.05, 0) is 65.9 Å². The number of oxazole rings is 1. The van der Waals surface area contributed by atoms with Crippen LogP contribution >= 0.6 is 0 Å². The Morgan fingerprint density at radius 2 is 1.77 bits per heavy atom. The largest absolute Gasteiger partial charge is 0.494 e. The number of rotatable bonds is 4. The zero-order valence-electron chi connectivity index (χ0n) is 24.3. The Balaban J connectivity index is 1.14. The maximum atomic E-state index is 13.6. The van der Waals surface area contributed by atoms with Crippen LogP contribution in [0.2, 0.25) is 0 Å². The number of carbonyl (C=O) groups is 1. The summed E-state index contributed by atoms with van der Waals surface area (Å²) in [5.74, 6) is 1.07. The predicted octanol–water partition coefficient (Wildman–Crippen LogP) is 4.34. The molecule has 0 spiro atoms. The van der Waals surface area contributed by atoms with Crippen LogP contribution in [0.5, 0.6) is 11.5 Å². The maximum absolute atomic E-state index is 13.6. The van der Waals surface area contributed by atoms with E-state index in [9.17, 15) is 9.59 Å². The fourth-order valence-electron chi connectivity index (χ4n) is 6.18. The van der Waals surface area contributed by atoms with Gasteiger partial charge in [0.1, 0.15) is 23.8 Å². The second-order valence-electron chi connectivity index (χ2n) is 11.1. The van der Waals surface area contributed by atoms with Crippen molar-refractivity contribution in [1.29, 1.82) is 0 Å². The van der Waals surface area contributed by atoms with E-state index in [4.69, 9.17) is 13.9 Å². The second kappa shape index (κ2) is 12.3. The molecule has 224 valence electrons. The molecule has 3 aliphatic rings. The quantitative estimate of drug-likeness (QED) is 0.304. The molecule has 6 bridgehead atoms. The van der Waals surface area contributed by atoms with Crippen molar-refractivity contribution in [2.75, 3.05) is 39.4 Å². The van der Waals surface area contributed by atoms with Gasteiger partial charge in [0.15, 0.2) is 5.58 Å². The van der Waals surface area contributed by atoms with Crippen LogP contribution in [0.4, 0.5) is 0 Å². The van der Waals surface area contributed by atoms with E-state index in [1.54, 1.807) is 17.0 Å². The molecule has 5 heterocycles. The summed E-state index contributed by atoms with van der Waals surface area (Å²) in [6, 6.07) is 21.4. The predicted molar refractivity (Wildman–Crippen MR) is 164 cm³/mol. The third-order valence-corrected chi connectivity index (χ3v) is 8.34. The zero-order valence-corrected chi connectivity index (χ0v) is 24.3. The van der Waals surface area contributed by atoms with Crippen LogP contribution in [0.1, 0.15) is 39.6 Å². The van der Waals surface area contributed by atoms with Gasteiger partial charge in [-0.3, -0.25) is 19.2 Å². The van der Waals surface area contributed by atoms with Crippen LogP contribution in [0.3, 0.4) is 0 Å². The SMILES string of the molecule is O=C(c1cnccn1)N1CCc2cc3ccc2C1c1cccc(c1)OCCCN(CCn1c(=O)oc2ccccc21)CCO3. The second-order valence-corrected chi connectivity index (χ2v) is 11.1. The van der Waals surface area contributed by atoms with Gasteiger partial charge in [-0.2, -0.15) is 0 Å². The van der Waals surface area contributed by atoms with Crippen molar-refractivity contribution in [2.45, 2.75) is 25.4 Å². The molecule has 3 aromatic carbocycles. The van der Waals surface area contributed by atoms with Crippen LogP contribution in [-0.2, 0) is 13.0 Å². The fourth-order valence-corrected chi connectivity index (χ4v) is 6.18. The molecular formula is C34H33N5O5. The van der Waals surface area contributed by atoms with E-state index in [1.165, 1.54) is 6.20 Å². The van der Waals surface area contributed by atoms with E-state index < -0.39 is 0 Å². The summed E-state index contributed by atoms with van der Waals surface area (Å²) in [6.45, 7) is 4.23. The lowest BCUT2D eigenvalue weighted by atomic mass is 9.87. The zero-order chi connectivity index (χ0) is 29.9. The van der Waals surface area contributed by atoms with Crippen LogP contribution in [0.25, 0.3) is 11.1 Å². The lowest BCUT2D eigenvalue weighted by Crippen LogP contribution is -2.41. The number of ether oxygens (including phenoxy) is 2. The maximum Gasteiger partial charge on any atom is 0.419 e. The monoisotopic (exact) mass is 591 g/mol. The minimum absolute atomic E-state index is 0.152. The Bertz CT molecular complexity index is 1840. The summed E-state index contributed by atoms with van der Waals surface area (Å²) in [4.78, 5) is 38.7. The van der Waals surface area contributed by atoms with E-state index in [-0.39, 0.29) is 17.7 Å². The molecule has 1 atom stereocenters. The number of para-hydroxylation sites is 2. The van der Waals surface area contributed by atoms with Crippen molar-refractivity contribution in [1.82, 2.24) is 24.3 Å². The first-order valence-corrected chi connectivity index (χ1v) is 15.0. The Morgan fingerprint density at radius 3 is 2.68 bits per heavy atom. The van der Waals surface area contributed by atoms with Crippen molar-refractivity contribution in [3.63, 3.8) is 0 Å². The molecule has 2 aromatic heterocycles. The Kier molecular flexibility index (Phi) is 7.81. The summed E-state index contributed by atoms with van der Waals surface area (Å²) >= 11 is 0. The van der Waals surface area contributed by atoms with Gasteiger partial charge in [-0.25, -0.2) is 9.78 Å². The number of nitrogens with zero attached hydrogens (tertiary/aromatic N) is 5. The molecule has 5 aromatic rings. The first kappa shape index (κ1) is 27.8. The Hall–Kier alpha value is -4.96. The molecule has 0 aliphatic carbocycles. The molecule has 1 amide bonds. The first-order valence-electron chi connectivity index (χ1n) is 15.0. The fraction of sp³-hybridized carbons (Fsp3) is 0.294. The molecule has 3 aliphatic heterocycles. The van der Waals surface area contributed by atoms with Gasteiger partial charge < -0.3 is 18.8 Å². The van der Waals surface area contributed by atoms with Crippen molar-refractivity contribution < 1.29 is 18.7 Å². The summed E-state index contributed by atoms with van der Waals surface area (Å²) < 4.78 is 19.6. The van der Waals surface area contributed by atoms with E-state index in [1.807, 2.05) is 59.5 Å². The molecule has 44 heavy (non-hydrogen) atoms. The molecule has 8 rings (SSSR count). The van der Waals surface area contributed by atoms with Gasteiger partial charge in [0.25, 0.3) is 5.91 Å². The van der Waals surface area contributed by atoms with E-state index in [0.29, 0.717) is 57.1 Å². The van der Waals surface area contributed by atoms with Crippen molar-refractivity contribution in [3.05, 3.63) is 118 Å². The topological polar surface area (TPSA) is 103 Å². The molecule has 10 heteroatoms. The van der Waals surface area contributed by atoms with E-state index >= 15 is 0 Å². The molecule has 0 saturated heterocycles. The summed E-state index contributed by atoms with van der Waals surface area (Å²) in [5.41, 5.74) is 4.91. The number of fused-ring (bicyclic) bond motifs is 9. The number of benzene rings is 3. The minimum Gasteiger partial charge on any atom is -0.494 e. The third kappa shape index (κ3) is 5.68. The highest BCUT2D eigenvalue weighted by Gasteiger charge is 2.34. The summed E-state index contributed by atoms with van der Waals surface area (Å²) in [6.07, 6.45) is 6.12. The van der Waals surface area contributed by atoms with Gasteiger partial charge in [0.05, 0.1) is 24.4 Å². The molecular weight excluding hydrogens is 558 g/mol. The number of carbonyl (C=O) groups excluding carboxylic acids is 1. The van der Waals surface area contributed by atoms with Crippen molar-refractivity contribution >= 4 is 17.0 Å². The lowest BCUT2D eigenvalue weighted by molar-refractivity contribution is 0.0687. The number of hydrogen-bond acceptors (Lipinski definition) is 8. The van der Waals surface area contributed by atoms with Crippen LogP contribution in [-0.4, -0.2) is 69.6 Å². The molecule has 1 unspecified atom stereocenters. The number of amides is 1. The lowest BCUT2D eigenvalue weighted by Gasteiger charge is -2.38. The van der Waals surface area contributed by atoms with Gasteiger partial charge in [0, 0.05) is 45.1 Å². The average molecular weight is 592 g/mol. The standard InChI is InChI=1S/C34H33N5O5/c40-33(29-23-35-12-13-36-29)39-15-11-24-21-27-9-10-28(24)32(39)25-5-3-6-26(22-25)42-19-4-14-37(18-20-43-27)16-17-38-30-7-1-2-8-31(30)44-34(38)41/h1-3,5-10,12-13,21-23,32H,4,11,14-20H2. The third-order valence-electron chi connectivity index (χ3n) is 8.34. The molecule has 0 N–H and O–H groups in total.